The summed E-state index contributed by atoms with van der Waals surface area (Å²) in [6.07, 6.45) is 3.16. The Labute approximate surface area is 112 Å². The molecule has 1 N–H and O–H groups in total. The number of nitrogens with one attached hydrogen (secondary N) is 1. The highest BCUT2D eigenvalue weighted by Gasteiger charge is 2.26. The van der Waals surface area contributed by atoms with Gasteiger partial charge in [-0.05, 0) is 23.1 Å². The maximum absolute atomic E-state index is 5.93. The number of hydrogen-bond donors (Lipinski definition) is 1. The quantitative estimate of drug-likeness (QED) is 0.925. The van der Waals surface area contributed by atoms with Crippen molar-refractivity contribution < 1.29 is 0 Å². The summed E-state index contributed by atoms with van der Waals surface area (Å²) in [5, 5.41) is 4.82. The van der Waals surface area contributed by atoms with E-state index in [9.17, 15) is 0 Å². The molecule has 0 saturated heterocycles. The SMILES string of the molecule is CC(C)(C)C(Nn1cncn1)c1ccc(Cl)cc1. The molecule has 5 heteroatoms. The predicted molar refractivity (Wildman–Crippen MR) is 73.0 cm³/mol. The number of hydrogen-bond acceptors (Lipinski definition) is 3. The Hall–Kier alpha value is -1.55. The Morgan fingerprint density at radius 2 is 1.89 bits per heavy atom. The number of rotatable bonds is 3. The van der Waals surface area contributed by atoms with Crippen LogP contribution in [0.2, 0.25) is 5.02 Å². The highest BCUT2D eigenvalue weighted by Crippen LogP contribution is 2.33. The first-order valence-corrected chi connectivity index (χ1v) is 6.21. The van der Waals surface area contributed by atoms with Crippen LogP contribution in [0.15, 0.2) is 36.9 Å². The molecule has 2 rings (SSSR count). The summed E-state index contributed by atoms with van der Waals surface area (Å²) in [5.41, 5.74) is 4.55. The van der Waals surface area contributed by atoms with Crippen LogP contribution in [-0.2, 0) is 0 Å². The molecule has 2 aromatic rings. The fourth-order valence-electron chi connectivity index (χ4n) is 1.83. The number of nitrogens with zero attached hydrogens (tertiary/aromatic N) is 3. The van der Waals surface area contributed by atoms with Crippen molar-refractivity contribution >= 4 is 11.6 Å². The monoisotopic (exact) mass is 264 g/mol. The van der Waals surface area contributed by atoms with Crippen molar-refractivity contribution in [3.8, 4) is 0 Å². The average molecular weight is 265 g/mol. The van der Waals surface area contributed by atoms with Crippen molar-refractivity contribution in [2.75, 3.05) is 5.43 Å². The molecule has 0 radical (unpaired) electrons. The zero-order valence-electron chi connectivity index (χ0n) is 10.8. The van der Waals surface area contributed by atoms with Crippen molar-refractivity contribution in [1.29, 1.82) is 0 Å². The van der Waals surface area contributed by atoms with Gasteiger partial charge in [0.2, 0.25) is 0 Å². The van der Waals surface area contributed by atoms with Crippen LogP contribution in [0.4, 0.5) is 0 Å². The van der Waals surface area contributed by atoms with E-state index in [0.29, 0.717) is 0 Å². The minimum Gasteiger partial charge on any atom is -0.300 e. The van der Waals surface area contributed by atoms with Crippen molar-refractivity contribution in [3.05, 3.63) is 47.5 Å². The maximum atomic E-state index is 5.93. The van der Waals surface area contributed by atoms with E-state index in [1.54, 1.807) is 11.1 Å². The van der Waals surface area contributed by atoms with Crippen LogP contribution in [0.1, 0.15) is 32.4 Å². The third kappa shape index (κ3) is 3.01. The molecule has 0 spiro atoms. The second-order valence-corrected chi connectivity index (χ2v) is 5.76. The molecular weight excluding hydrogens is 248 g/mol. The van der Waals surface area contributed by atoms with E-state index in [0.717, 1.165) is 5.02 Å². The minimum absolute atomic E-state index is 0.0414. The van der Waals surface area contributed by atoms with Gasteiger partial charge in [0.05, 0.1) is 6.04 Å². The molecule has 1 unspecified atom stereocenters. The van der Waals surface area contributed by atoms with Crippen LogP contribution < -0.4 is 5.43 Å². The summed E-state index contributed by atoms with van der Waals surface area (Å²) in [7, 11) is 0. The Bertz CT molecular complexity index is 485. The Kier molecular flexibility index (Phi) is 3.57. The van der Waals surface area contributed by atoms with E-state index in [-0.39, 0.29) is 11.5 Å². The van der Waals surface area contributed by atoms with Crippen molar-refractivity contribution in [2.45, 2.75) is 26.8 Å². The summed E-state index contributed by atoms with van der Waals surface area (Å²) in [5.74, 6) is 0. The lowest BCUT2D eigenvalue weighted by atomic mass is 9.83. The van der Waals surface area contributed by atoms with Crippen LogP contribution in [0, 0.1) is 5.41 Å². The highest BCUT2D eigenvalue weighted by molar-refractivity contribution is 6.30. The van der Waals surface area contributed by atoms with Gasteiger partial charge in [0.15, 0.2) is 0 Å². The van der Waals surface area contributed by atoms with E-state index < -0.39 is 0 Å². The molecule has 1 aromatic carbocycles. The standard InChI is InChI=1S/C13H17ClN4/c1-13(2,3)12(17-18-9-15-8-16-18)10-4-6-11(14)7-5-10/h4-9,12,17H,1-3H3. The molecule has 0 aliphatic carbocycles. The van der Waals surface area contributed by atoms with Crippen molar-refractivity contribution in [2.24, 2.45) is 5.41 Å². The summed E-state index contributed by atoms with van der Waals surface area (Å²) < 4.78 is 0. The third-order valence-corrected chi connectivity index (χ3v) is 3.00. The van der Waals surface area contributed by atoms with Crippen LogP contribution in [0.5, 0.6) is 0 Å². The van der Waals surface area contributed by atoms with Gasteiger partial charge in [0.25, 0.3) is 0 Å². The molecule has 0 aliphatic heterocycles. The topological polar surface area (TPSA) is 42.7 Å². The molecule has 0 amide bonds. The number of halogens is 1. The first-order chi connectivity index (χ1) is 8.47. The third-order valence-electron chi connectivity index (χ3n) is 2.75. The molecule has 1 aromatic heterocycles. The highest BCUT2D eigenvalue weighted by atomic mass is 35.5. The van der Waals surface area contributed by atoms with Gasteiger partial charge in [-0.15, -0.1) is 5.10 Å². The molecule has 18 heavy (non-hydrogen) atoms. The fraction of sp³-hybridized carbons (Fsp3) is 0.385. The van der Waals surface area contributed by atoms with Gasteiger partial charge < -0.3 is 5.43 Å². The second kappa shape index (κ2) is 4.98. The predicted octanol–water partition coefficient (Wildman–Crippen LogP) is 3.26. The molecule has 1 heterocycles. The molecule has 1 atom stereocenters. The largest absolute Gasteiger partial charge is 0.300 e. The smallest absolute Gasteiger partial charge is 0.139 e. The fourth-order valence-corrected chi connectivity index (χ4v) is 1.96. The Morgan fingerprint density at radius 3 is 2.39 bits per heavy atom. The number of benzene rings is 1. The molecule has 0 saturated carbocycles. The molecule has 0 fully saturated rings. The molecular formula is C13H17ClN4. The zero-order valence-corrected chi connectivity index (χ0v) is 11.5. The van der Waals surface area contributed by atoms with E-state index in [4.69, 9.17) is 11.6 Å². The van der Waals surface area contributed by atoms with E-state index in [2.05, 4.69) is 36.3 Å². The van der Waals surface area contributed by atoms with Gasteiger partial charge >= 0.3 is 0 Å². The van der Waals surface area contributed by atoms with Gasteiger partial charge in [-0.25, -0.2) is 4.98 Å². The van der Waals surface area contributed by atoms with E-state index in [1.165, 1.54) is 11.9 Å². The van der Waals surface area contributed by atoms with Crippen LogP contribution >= 0.6 is 11.6 Å². The summed E-state index contributed by atoms with van der Waals surface area (Å²) in [4.78, 5) is 5.56. The second-order valence-electron chi connectivity index (χ2n) is 5.32. The lowest BCUT2D eigenvalue weighted by molar-refractivity contribution is 0.323. The normalized spacial score (nSPS) is 13.3. The summed E-state index contributed by atoms with van der Waals surface area (Å²) in [6.45, 7) is 6.53. The minimum atomic E-state index is 0.0414. The summed E-state index contributed by atoms with van der Waals surface area (Å²) >= 11 is 5.93. The van der Waals surface area contributed by atoms with Crippen LogP contribution in [-0.4, -0.2) is 14.9 Å². The number of aromatic nitrogens is 3. The first kappa shape index (κ1) is 12.9. The molecule has 4 nitrogen and oxygen atoms in total. The van der Waals surface area contributed by atoms with Gasteiger partial charge in [0.1, 0.15) is 12.7 Å². The lowest BCUT2D eigenvalue weighted by Gasteiger charge is -2.32. The average Bonchev–Trinajstić information content (AvgIpc) is 2.79. The van der Waals surface area contributed by atoms with Crippen molar-refractivity contribution in [3.63, 3.8) is 0 Å². The van der Waals surface area contributed by atoms with Gasteiger partial charge in [-0.2, -0.15) is 4.79 Å². The van der Waals surface area contributed by atoms with E-state index >= 15 is 0 Å². The molecule has 96 valence electrons. The molecule has 0 aliphatic rings. The van der Waals surface area contributed by atoms with Crippen LogP contribution in [0.25, 0.3) is 0 Å². The lowest BCUT2D eigenvalue weighted by Crippen LogP contribution is -2.31. The van der Waals surface area contributed by atoms with Gasteiger partial charge in [0, 0.05) is 5.02 Å². The van der Waals surface area contributed by atoms with Crippen LogP contribution in [0.3, 0.4) is 0 Å². The maximum Gasteiger partial charge on any atom is 0.139 e. The van der Waals surface area contributed by atoms with Gasteiger partial charge in [-0.1, -0.05) is 44.5 Å². The Balaban J connectivity index is 2.28. The van der Waals surface area contributed by atoms with Gasteiger partial charge in [-0.3, -0.25) is 0 Å². The molecule has 0 bridgehead atoms. The first-order valence-electron chi connectivity index (χ1n) is 5.83. The summed E-state index contributed by atoms with van der Waals surface area (Å²) in [6, 6.07) is 7.98. The Morgan fingerprint density at radius 1 is 1.22 bits per heavy atom. The zero-order chi connectivity index (χ0) is 13.2. The van der Waals surface area contributed by atoms with Crippen molar-refractivity contribution in [1.82, 2.24) is 14.9 Å². The van der Waals surface area contributed by atoms with E-state index in [1.807, 2.05) is 24.3 Å².